The molecule has 0 spiro atoms. The van der Waals surface area contributed by atoms with Crippen LogP contribution in [0, 0.1) is 0 Å². The van der Waals surface area contributed by atoms with Crippen LogP contribution < -0.4 is 5.32 Å². The molecule has 19 heavy (non-hydrogen) atoms. The molecule has 1 aromatic heterocycles. The summed E-state index contributed by atoms with van der Waals surface area (Å²) in [5.41, 5.74) is 1.59. The van der Waals surface area contributed by atoms with Gasteiger partial charge in [-0.2, -0.15) is 0 Å². The van der Waals surface area contributed by atoms with E-state index in [0.717, 1.165) is 24.1 Å². The first-order valence-corrected chi connectivity index (χ1v) is 6.52. The molecule has 2 heterocycles. The van der Waals surface area contributed by atoms with Crippen LogP contribution in [0.5, 0.6) is 0 Å². The number of hydrogen-bond donors (Lipinski definition) is 1. The van der Waals surface area contributed by atoms with Gasteiger partial charge in [-0.15, -0.1) is 0 Å². The molecule has 4 nitrogen and oxygen atoms in total. The molecule has 1 aromatic carbocycles. The number of para-hydroxylation sites is 1. The number of pyridine rings is 1. The van der Waals surface area contributed by atoms with Gasteiger partial charge in [0, 0.05) is 36.2 Å². The maximum Gasteiger partial charge on any atom is 0.166 e. The van der Waals surface area contributed by atoms with Gasteiger partial charge in [0.25, 0.3) is 0 Å². The molecule has 4 heteroatoms. The number of nitrogens with zero attached hydrogens (tertiary/aromatic N) is 1. The summed E-state index contributed by atoms with van der Waals surface area (Å²) in [4.78, 5) is 16.5. The number of morpholine rings is 1. The third-order valence-electron chi connectivity index (χ3n) is 3.34. The molecule has 1 unspecified atom stereocenters. The van der Waals surface area contributed by atoms with Crippen LogP contribution in [0.4, 0.5) is 0 Å². The van der Waals surface area contributed by atoms with E-state index in [4.69, 9.17) is 4.74 Å². The Kier molecular flexibility index (Phi) is 3.53. The van der Waals surface area contributed by atoms with E-state index in [0.29, 0.717) is 18.6 Å². The van der Waals surface area contributed by atoms with Crippen molar-refractivity contribution in [3.05, 3.63) is 42.1 Å². The fourth-order valence-electron chi connectivity index (χ4n) is 2.32. The first-order chi connectivity index (χ1) is 9.33. The molecule has 1 atom stereocenters. The number of rotatable bonds is 3. The molecule has 0 saturated carbocycles. The molecule has 1 saturated heterocycles. The van der Waals surface area contributed by atoms with Crippen LogP contribution in [-0.2, 0) is 4.74 Å². The van der Waals surface area contributed by atoms with Gasteiger partial charge in [-0.05, 0) is 12.1 Å². The number of ketones is 1. The maximum atomic E-state index is 12.2. The average Bonchev–Trinajstić information content (AvgIpc) is 2.48. The van der Waals surface area contributed by atoms with Crippen molar-refractivity contribution in [2.75, 3.05) is 19.8 Å². The minimum absolute atomic E-state index is 0.112. The van der Waals surface area contributed by atoms with Crippen LogP contribution in [-0.4, -0.2) is 36.6 Å². The summed E-state index contributed by atoms with van der Waals surface area (Å²) in [6.07, 6.45) is 2.12. The Morgan fingerprint density at radius 2 is 2.32 bits per heavy atom. The second-order valence-corrected chi connectivity index (χ2v) is 4.77. The van der Waals surface area contributed by atoms with Crippen LogP contribution in [0.25, 0.3) is 10.9 Å². The van der Waals surface area contributed by atoms with Gasteiger partial charge in [0.1, 0.15) is 0 Å². The fraction of sp³-hybridized carbons (Fsp3) is 0.333. The van der Waals surface area contributed by atoms with Gasteiger partial charge >= 0.3 is 0 Å². The SMILES string of the molecule is O=C(CC1COCCN1)c1cnc2ccccc2c1. The van der Waals surface area contributed by atoms with E-state index in [1.807, 2.05) is 30.3 Å². The summed E-state index contributed by atoms with van der Waals surface area (Å²) < 4.78 is 5.36. The number of carbonyl (C=O) groups excluding carboxylic acids is 1. The quantitative estimate of drug-likeness (QED) is 0.851. The Morgan fingerprint density at radius 1 is 1.42 bits per heavy atom. The average molecular weight is 256 g/mol. The molecule has 0 radical (unpaired) electrons. The first kappa shape index (κ1) is 12.3. The number of hydrogen-bond acceptors (Lipinski definition) is 4. The lowest BCUT2D eigenvalue weighted by molar-refractivity contribution is 0.0676. The molecule has 0 aliphatic carbocycles. The highest BCUT2D eigenvalue weighted by atomic mass is 16.5. The fourth-order valence-corrected chi connectivity index (χ4v) is 2.32. The van der Waals surface area contributed by atoms with Gasteiger partial charge in [-0.3, -0.25) is 9.78 Å². The maximum absolute atomic E-state index is 12.2. The molecule has 3 rings (SSSR count). The van der Waals surface area contributed by atoms with E-state index in [9.17, 15) is 4.79 Å². The van der Waals surface area contributed by atoms with E-state index in [1.54, 1.807) is 6.20 Å². The molecular formula is C15H16N2O2. The van der Waals surface area contributed by atoms with Crippen molar-refractivity contribution < 1.29 is 9.53 Å². The number of nitrogens with one attached hydrogen (secondary N) is 1. The van der Waals surface area contributed by atoms with Crippen molar-refractivity contribution in [3.8, 4) is 0 Å². The molecule has 0 amide bonds. The smallest absolute Gasteiger partial charge is 0.166 e. The molecule has 98 valence electrons. The molecule has 0 bridgehead atoms. The second kappa shape index (κ2) is 5.47. The Hall–Kier alpha value is -1.78. The highest BCUT2D eigenvalue weighted by Gasteiger charge is 2.18. The summed E-state index contributed by atoms with van der Waals surface area (Å²) in [6, 6.07) is 9.84. The van der Waals surface area contributed by atoms with Crippen molar-refractivity contribution >= 4 is 16.7 Å². The third-order valence-corrected chi connectivity index (χ3v) is 3.34. The molecule has 1 N–H and O–H groups in total. The summed E-state index contributed by atoms with van der Waals surface area (Å²) in [6.45, 7) is 2.14. The van der Waals surface area contributed by atoms with Crippen LogP contribution in [0.1, 0.15) is 16.8 Å². The Labute approximate surface area is 111 Å². The number of Topliss-reactive ketones (excluding diaryl/α,β-unsaturated/α-hetero) is 1. The lowest BCUT2D eigenvalue weighted by atomic mass is 10.0. The number of ether oxygens (including phenoxy) is 1. The van der Waals surface area contributed by atoms with Gasteiger partial charge in [-0.1, -0.05) is 18.2 Å². The third kappa shape index (κ3) is 2.80. The van der Waals surface area contributed by atoms with Gasteiger partial charge in [0.2, 0.25) is 0 Å². The summed E-state index contributed by atoms with van der Waals surface area (Å²) in [5, 5.41) is 4.29. The second-order valence-electron chi connectivity index (χ2n) is 4.77. The number of carbonyl (C=O) groups is 1. The monoisotopic (exact) mass is 256 g/mol. The van der Waals surface area contributed by atoms with Crippen LogP contribution in [0.3, 0.4) is 0 Å². The highest BCUT2D eigenvalue weighted by molar-refractivity contribution is 5.99. The lowest BCUT2D eigenvalue weighted by Gasteiger charge is -2.23. The van der Waals surface area contributed by atoms with Crippen molar-refractivity contribution in [3.63, 3.8) is 0 Å². The van der Waals surface area contributed by atoms with Crippen molar-refractivity contribution in [1.82, 2.24) is 10.3 Å². The van der Waals surface area contributed by atoms with Crippen LogP contribution >= 0.6 is 0 Å². The molecule has 1 fully saturated rings. The minimum Gasteiger partial charge on any atom is -0.378 e. The zero-order valence-electron chi connectivity index (χ0n) is 10.6. The zero-order valence-corrected chi connectivity index (χ0v) is 10.6. The van der Waals surface area contributed by atoms with Crippen molar-refractivity contribution in [1.29, 1.82) is 0 Å². The number of aromatic nitrogens is 1. The predicted octanol–water partition coefficient (Wildman–Crippen LogP) is 1.80. The summed E-state index contributed by atoms with van der Waals surface area (Å²) in [5.74, 6) is 0.112. The van der Waals surface area contributed by atoms with Crippen LogP contribution in [0.2, 0.25) is 0 Å². The summed E-state index contributed by atoms with van der Waals surface area (Å²) in [7, 11) is 0. The Balaban J connectivity index is 1.77. The Morgan fingerprint density at radius 3 is 3.16 bits per heavy atom. The first-order valence-electron chi connectivity index (χ1n) is 6.52. The van der Waals surface area contributed by atoms with Gasteiger partial charge < -0.3 is 10.1 Å². The number of benzene rings is 1. The van der Waals surface area contributed by atoms with E-state index in [1.165, 1.54) is 0 Å². The van der Waals surface area contributed by atoms with Crippen molar-refractivity contribution in [2.45, 2.75) is 12.5 Å². The lowest BCUT2D eigenvalue weighted by Crippen LogP contribution is -2.42. The van der Waals surface area contributed by atoms with Crippen molar-refractivity contribution in [2.24, 2.45) is 0 Å². The highest BCUT2D eigenvalue weighted by Crippen LogP contribution is 2.14. The van der Waals surface area contributed by atoms with E-state index < -0.39 is 0 Å². The standard InChI is InChI=1S/C15H16N2O2/c18-15(8-13-10-19-6-5-16-13)12-7-11-3-1-2-4-14(11)17-9-12/h1-4,7,9,13,16H,5-6,8,10H2. The predicted molar refractivity (Wildman–Crippen MR) is 73.3 cm³/mol. The topological polar surface area (TPSA) is 51.2 Å². The normalized spacial score (nSPS) is 19.5. The largest absolute Gasteiger partial charge is 0.378 e. The van der Waals surface area contributed by atoms with Gasteiger partial charge in [0.05, 0.1) is 18.7 Å². The summed E-state index contributed by atoms with van der Waals surface area (Å²) >= 11 is 0. The Bertz CT molecular complexity index is 591. The van der Waals surface area contributed by atoms with Gasteiger partial charge in [-0.25, -0.2) is 0 Å². The van der Waals surface area contributed by atoms with Gasteiger partial charge in [0.15, 0.2) is 5.78 Å². The molecule has 1 aliphatic rings. The minimum atomic E-state index is 0.112. The molecule has 1 aliphatic heterocycles. The van der Waals surface area contributed by atoms with E-state index in [2.05, 4.69) is 10.3 Å². The number of fused-ring (bicyclic) bond motifs is 1. The van der Waals surface area contributed by atoms with Crippen LogP contribution in [0.15, 0.2) is 36.5 Å². The molecular weight excluding hydrogens is 240 g/mol. The molecule has 2 aromatic rings. The van der Waals surface area contributed by atoms with E-state index >= 15 is 0 Å². The van der Waals surface area contributed by atoms with E-state index in [-0.39, 0.29) is 11.8 Å². The zero-order chi connectivity index (χ0) is 13.1.